The Bertz CT molecular complexity index is 520. The van der Waals surface area contributed by atoms with Gasteiger partial charge in [0.05, 0.1) is 12.7 Å². The van der Waals surface area contributed by atoms with Gasteiger partial charge in [-0.1, -0.05) is 37.5 Å². The number of nitrogens with zero attached hydrogens (tertiary/aromatic N) is 1. The summed E-state index contributed by atoms with van der Waals surface area (Å²) in [4.78, 5) is 2.53. The third kappa shape index (κ3) is 5.08. The topological polar surface area (TPSA) is 40.2 Å². The SMILES string of the molecule is CO[Si]1(OC)CCCOCC(CN(c2ccccc2)C2CCCCC2)O1. The molecule has 26 heavy (non-hydrogen) atoms. The van der Waals surface area contributed by atoms with E-state index in [1.54, 1.807) is 14.2 Å². The lowest BCUT2D eigenvalue weighted by molar-refractivity contribution is -0.0121. The smallest absolute Gasteiger partial charge is 0.379 e. The third-order valence-electron chi connectivity index (χ3n) is 5.55. The van der Waals surface area contributed by atoms with Crippen LogP contribution in [0.25, 0.3) is 0 Å². The summed E-state index contributed by atoms with van der Waals surface area (Å²) < 4.78 is 23.8. The molecule has 3 rings (SSSR count). The van der Waals surface area contributed by atoms with Gasteiger partial charge in [-0.3, -0.25) is 0 Å². The van der Waals surface area contributed by atoms with Crippen LogP contribution in [0, 0.1) is 0 Å². The Morgan fingerprint density at radius 2 is 1.77 bits per heavy atom. The van der Waals surface area contributed by atoms with Gasteiger partial charge in [-0.25, -0.2) is 0 Å². The normalized spacial score (nSPS) is 24.6. The molecule has 6 heteroatoms. The molecule has 5 nitrogen and oxygen atoms in total. The molecule has 0 radical (unpaired) electrons. The van der Waals surface area contributed by atoms with E-state index in [0.29, 0.717) is 12.6 Å². The fourth-order valence-electron chi connectivity index (χ4n) is 4.12. The zero-order valence-corrected chi connectivity index (χ0v) is 17.2. The Balaban J connectivity index is 1.77. The van der Waals surface area contributed by atoms with Crippen LogP contribution in [0.4, 0.5) is 5.69 Å². The van der Waals surface area contributed by atoms with Crippen LogP contribution in [0.15, 0.2) is 30.3 Å². The van der Waals surface area contributed by atoms with Crippen LogP contribution < -0.4 is 4.90 Å². The van der Waals surface area contributed by atoms with Crippen molar-refractivity contribution in [3.05, 3.63) is 30.3 Å². The Labute approximate surface area is 158 Å². The van der Waals surface area contributed by atoms with E-state index in [1.165, 1.54) is 37.8 Å². The lowest BCUT2D eigenvalue weighted by Crippen LogP contribution is -2.53. The summed E-state index contributed by atoms with van der Waals surface area (Å²) in [5.74, 6) is 0. The van der Waals surface area contributed by atoms with Crippen LogP contribution in [-0.2, 0) is 18.0 Å². The molecule has 0 N–H and O–H groups in total. The van der Waals surface area contributed by atoms with Gasteiger partial charge < -0.3 is 22.9 Å². The molecule has 1 aliphatic heterocycles. The first kappa shape index (κ1) is 19.8. The predicted molar refractivity (Wildman–Crippen MR) is 106 cm³/mol. The third-order valence-corrected chi connectivity index (χ3v) is 8.45. The highest BCUT2D eigenvalue weighted by molar-refractivity contribution is 6.60. The van der Waals surface area contributed by atoms with E-state index < -0.39 is 8.80 Å². The number of hydrogen-bond acceptors (Lipinski definition) is 5. The average molecular weight is 380 g/mol. The van der Waals surface area contributed by atoms with Gasteiger partial charge in [0.2, 0.25) is 0 Å². The molecular weight excluding hydrogens is 346 g/mol. The molecule has 0 amide bonds. The van der Waals surface area contributed by atoms with Crippen molar-refractivity contribution in [3.63, 3.8) is 0 Å². The molecule has 0 aromatic heterocycles. The molecule has 1 aromatic carbocycles. The van der Waals surface area contributed by atoms with E-state index in [-0.39, 0.29) is 6.10 Å². The van der Waals surface area contributed by atoms with Crippen molar-refractivity contribution < 1.29 is 18.0 Å². The quantitative estimate of drug-likeness (QED) is 0.702. The summed E-state index contributed by atoms with van der Waals surface area (Å²) in [6.45, 7) is 2.16. The molecular formula is C20H33NO4Si. The summed E-state index contributed by atoms with van der Waals surface area (Å²) in [6, 6.07) is 12.1. The van der Waals surface area contributed by atoms with E-state index in [9.17, 15) is 0 Å². The molecule has 1 heterocycles. The highest BCUT2D eigenvalue weighted by atomic mass is 28.4. The lowest BCUT2D eigenvalue weighted by Gasteiger charge is -2.40. The maximum Gasteiger partial charge on any atom is 0.500 e. The monoisotopic (exact) mass is 379 g/mol. The first-order valence-corrected chi connectivity index (χ1v) is 11.9. The summed E-state index contributed by atoms with van der Waals surface area (Å²) >= 11 is 0. The number of anilines is 1. The van der Waals surface area contributed by atoms with Gasteiger partial charge >= 0.3 is 8.80 Å². The summed E-state index contributed by atoms with van der Waals surface area (Å²) in [5.41, 5.74) is 1.27. The Morgan fingerprint density at radius 3 is 2.46 bits per heavy atom. The van der Waals surface area contributed by atoms with Crippen molar-refractivity contribution in [1.82, 2.24) is 0 Å². The Hall–Kier alpha value is -0.923. The maximum absolute atomic E-state index is 6.45. The first-order valence-electron chi connectivity index (χ1n) is 9.94. The zero-order chi connectivity index (χ0) is 18.2. The molecule has 1 saturated heterocycles. The van der Waals surface area contributed by atoms with Gasteiger partial charge in [0.25, 0.3) is 0 Å². The van der Waals surface area contributed by atoms with Gasteiger partial charge in [-0.05, 0) is 31.4 Å². The molecule has 1 aromatic rings. The van der Waals surface area contributed by atoms with E-state index in [4.69, 9.17) is 18.0 Å². The molecule has 2 aliphatic rings. The van der Waals surface area contributed by atoms with Gasteiger partial charge in [-0.2, -0.15) is 0 Å². The van der Waals surface area contributed by atoms with Crippen LogP contribution in [-0.4, -0.2) is 54.9 Å². The second kappa shape index (κ2) is 9.85. The van der Waals surface area contributed by atoms with E-state index in [2.05, 4.69) is 35.2 Å². The fourth-order valence-corrected chi connectivity index (χ4v) is 6.24. The molecule has 0 bridgehead atoms. The Morgan fingerprint density at radius 1 is 1.04 bits per heavy atom. The number of ether oxygens (including phenoxy) is 1. The second-order valence-corrected chi connectivity index (χ2v) is 10.2. The van der Waals surface area contributed by atoms with Gasteiger partial charge in [0, 0.05) is 45.1 Å². The van der Waals surface area contributed by atoms with Crippen molar-refractivity contribution in [1.29, 1.82) is 0 Å². The summed E-state index contributed by atoms with van der Waals surface area (Å²) in [5, 5.41) is 0. The molecule has 0 spiro atoms. The minimum Gasteiger partial charge on any atom is -0.379 e. The zero-order valence-electron chi connectivity index (χ0n) is 16.2. The van der Waals surface area contributed by atoms with Crippen molar-refractivity contribution in [2.24, 2.45) is 0 Å². The van der Waals surface area contributed by atoms with E-state index >= 15 is 0 Å². The standard InChI is InChI=1S/C20H33NO4Si/c1-22-26(23-2)15-9-14-24-17-20(25-26)16-21(18-10-5-3-6-11-18)19-12-7-4-8-13-19/h3,5-6,10-11,19-20H,4,7-9,12-17H2,1-2H3. The number of hydrogen-bond donors (Lipinski definition) is 0. The highest BCUT2D eigenvalue weighted by Gasteiger charge is 2.42. The number of para-hydroxylation sites is 1. The minimum absolute atomic E-state index is 0.0380. The van der Waals surface area contributed by atoms with E-state index in [1.807, 2.05) is 0 Å². The molecule has 1 aliphatic carbocycles. The number of rotatable bonds is 6. The van der Waals surface area contributed by atoms with Gasteiger partial charge in [0.15, 0.2) is 0 Å². The molecule has 2 fully saturated rings. The maximum atomic E-state index is 6.45. The van der Waals surface area contributed by atoms with Crippen molar-refractivity contribution in [3.8, 4) is 0 Å². The van der Waals surface area contributed by atoms with Crippen molar-refractivity contribution in [2.75, 3.05) is 38.9 Å². The average Bonchev–Trinajstić information content (AvgIpc) is 2.69. The molecule has 1 unspecified atom stereocenters. The Kier molecular flexibility index (Phi) is 7.51. The summed E-state index contributed by atoms with van der Waals surface area (Å²) in [7, 11) is 0.827. The van der Waals surface area contributed by atoms with E-state index in [0.717, 1.165) is 25.6 Å². The van der Waals surface area contributed by atoms with Crippen LogP contribution in [0.5, 0.6) is 0 Å². The second-order valence-electron chi connectivity index (χ2n) is 7.29. The predicted octanol–water partition coefficient (Wildman–Crippen LogP) is 3.86. The summed E-state index contributed by atoms with van der Waals surface area (Å²) in [6.07, 6.45) is 7.36. The van der Waals surface area contributed by atoms with Gasteiger partial charge in [-0.15, -0.1) is 0 Å². The molecule has 1 saturated carbocycles. The van der Waals surface area contributed by atoms with Crippen LogP contribution >= 0.6 is 0 Å². The largest absolute Gasteiger partial charge is 0.500 e. The van der Waals surface area contributed by atoms with Gasteiger partial charge in [0.1, 0.15) is 0 Å². The van der Waals surface area contributed by atoms with Crippen LogP contribution in [0.2, 0.25) is 6.04 Å². The first-order chi connectivity index (χ1) is 12.8. The lowest BCUT2D eigenvalue weighted by atomic mass is 9.93. The van der Waals surface area contributed by atoms with Crippen molar-refractivity contribution in [2.45, 2.75) is 56.7 Å². The van der Waals surface area contributed by atoms with Crippen LogP contribution in [0.1, 0.15) is 38.5 Å². The minimum atomic E-state index is -2.60. The molecule has 1 atom stereocenters. The fraction of sp³-hybridized carbons (Fsp3) is 0.700. The van der Waals surface area contributed by atoms with Crippen LogP contribution in [0.3, 0.4) is 0 Å². The van der Waals surface area contributed by atoms with Crippen molar-refractivity contribution >= 4 is 14.5 Å². The highest BCUT2D eigenvalue weighted by Crippen LogP contribution is 2.29. The molecule has 146 valence electrons. The number of benzene rings is 1.